The van der Waals surface area contributed by atoms with Crippen LogP contribution in [0.5, 0.6) is 11.5 Å². The van der Waals surface area contributed by atoms with Crippen molar-refractivity contribution in [3.63, 3.8) is 0 Å². The number of nitrogens with one attached hydrogen (secondary N) is 1. The molecule has 0 amide bonds. The zero-order valence-corrected chi connectivity index (χ0v) is 15.1. The quantitative estimate of drug-likeness (QED) is 0.539. The Morgan fingerprint density at radius 2 is 2.12 bits per heavy atom. The van der Waals surface area contributed by atoms with Crippen LogP contribution in [0.2, 0.25) is 0 Å². The van der Waals surface area contributed by atoms with Gasteiger partial charge in [-0.2, -0.15) is 5.10 Å². The average Bonchev–Trinajstić information content (AvgIpc) is 3.09. The maximum absolute atomic E-state index is 6.04. The number of hydrogen-bond acceptors (Lipinski definition) is 4. The lowest BCUT2D eigenvalue weighted by Crippen LogP contribution is -2.24. The number of nitrogens with two attached hydrogens (primary N) is 1. The van der Waals surface area contributed by atoms with Crippen LogP contribution in [-0.4, -0.2) is 35.5 Å². The van der Waals surface area contributed by atoms with E-state index in [-0.39, 0.29) is 0 Å². The van der Waals surface area contributed by atoms with Crippen molar-refractivity contribution >= 4 is 11.6 Å². The highest BCUT2D eigenvalue weighted by Crippen LogP contribution is 2.29. The summed E-state index contributed by atoms with van der Waals surface area (Å²) in [7, 11) is 0. The van der Waals surface area contributed by atoms with Gasteiger partial charge >= 0.3 is 0 Å². The lowest BCUT2D eigenvalue weighted by molar-refractivity contribution is 0.332. The second kappa shape index (κ2) is 9.56. The third-order valence-corrected chi connectivity index (χ3v) is 3.46. The predicted molar refractivity (Wildman–Crippen MR) is 100 cm³/mol. The molecule has 0 unspecified atom stereocenters. The molecule has 1 heterocycles. The van der Waals surface area contributed by atoms with Crippen LogP contribution in [0.25, 0.3) is 0 Å². The maximum Gasteiger partial charge on any atom is 0.193 e. The molecule has 1 aromatic carbocycles. The van der Waals surface area contributed by atoms with Gasteiger partial charge in [-0.3, -0.25) is 9.67 Å². The summed E-state index contributed by atoms with van der Waals surface area (Å²) in [5, 5.41) is 7.31. The van der Waals surface area contributed by atoms with E-state index >= 15 is 0 Å². The van der Waals surface area contributed by atoms with Gasteiger partial charge in [-0.1, -0.05) is 6.92 Å². The fraction of sp³-hybridized carbons (Fsp3) is 0.444. The molecule has 1 aromatic heterocycles. The van der Waals surface area contributed by atoms with Crippen LogP contribution in [0.3, 0.4) is 0 Å². The third-order valence-electron chi connectivity index (χ3n) is 3.46. The van der Waals surface area contributed by atoms with Crippen molar-refractivity contribution in [1.82, 2.24) is 9.78 Å². The molecule has 1 atom stereocenters. The Kier molecular flexibility index (Phi) is 7.13. The molecule has 0 bridgehead atoms. The molecular formula is C18H27N5O2. The molecule has 0 radical (unpaired) electrons. The van der Waals surface area contributed by atoms with Crippen molar-refractivity contribution < 1.29 is 9.47 Å². The first-order chi connectivity index (χ1) is 12.1. The van der Waals surface area contributed by atoms with Gasteiger partial charge < -0.3 is 20.5 Å². The van der Waals surface area contributed by atoms with Crippen LogP contribution in [-0.2, 0) is 6.54 Å². The van der Waals surface area contributed by atoms with E-state index in [0.717, 1.165) is 18.0 Å². The van der Waals surface area contributed by atoms with Crippen molar-refractivity contribution in [2.45, 2.75) is 27.3 Å². The lowest BCUT2D eigenvalue weighted by atomic mass is 10.2. The number of ether oxygens (including phenoxy) is 2. The standard InChI is InChI=1S/C18H27N5O2/c1-4-24-15-7-8-17(25-5-2)16(11-15)22-18(19)20-12-14(3)13-23-10-6-9-21-23/h6-11,14H,4-5,12-13H2,1-3H3,(H3,19,20,22)/t14-/m1/s1. The molecule has 2 rings (SSSR count). The van der Waals surface area contributed by atoms with Gasteiger partial charge in [-0.25, -0.2) is 0 Å². The molecule has 0 aliphatic carbocycles. The van der Waals surface area contributed by atoms with E-state index in [2.05, 4.69) is 22.3 Å². The Balaban J connectivity index is 1.99. The van der Waals surface area contributed by atoms with Crippen LogP contribution in [0.1, 0.15) is 20.8 Å². The van der Waals surface area contributed by atoms with Gasteiger partial charge in [0, 0.05) is 31.5 Å². The van der Waals surface area contributed by atoms with Crippen molar-refractivity contribution in [2.24, 2.45) is 16.6 Å². The van der Waals surface area contributed by atoms with Gasteiger partial charge in [0.25, 0.3) is 0 Å². The fourth-order valence-corrected chi connectivity index (χ4v) is 2.36. The SMILES string of the molecule is CCOc1ccc(OCC)c(NC(N)=NC[C@@H](C)Cn2cccn2)c1. The molecule has 0 spiro atoms. The molecule has 0 aliphatic heterocycles. The molecule has 3 N–H and O–H groups in total. The molecule has 0 fully saturated rings. The summed E-state index contributed by atoms with van der Waals surface area (Å²) in [6.45, 7) is 8.57. The van der Waals surface area contributed by atoms with Crippen LogP contribution >= 0.6 is 0 Å². The zero-order valence-electron chi connectivity index (χ0n) is 15.1. The summed E-state index contributed by atoms with van der Waals surface area (Å²) in [5.41, 5.74) is 6.78. The number of aromatic nitrogens is 2. The average molecular weight is 345 g/mol. The van der Waals surface area contributed by atoms with Gasteiger partial charge in [-0.05, 0) is 38.0 Å². The molecule has 136 valence electrons. The van der Waals surface area contributed by atoms with Gasteiger partial charge in [0.05, 0.1) is 18.9 Å². The van der Waals surface area contributed by atoms with E-state index in [1.54, 1.807) is 6.20 Å². The summed E-state index contributed by atoms with van der Waals surface area (Å²) in [6, 6.07) is 7.51. The minimum Gasteiger partial charge on any atom is -0.494 e. The first-order valence-electron chi connectivity index (χ1n) is 8.56. The first kappa shape index (κ1) is 18.6. The Bertz CT molecular complexity index is 670. The van der Waals surface area contributed by atoms with Crippen molar-refractivity contribution in [2.75, 3.05) is 25.1 Å². The second-order valence-electron chi connectivity index (χ2n) is 5.71. The molecule has 0 saturated heterocycles. The molecule has 7 heteroatoms. The Labute approximate surface area is 148 Å². The minimum absolute atomic E-state index is 0.321. The van der Waals surface area contributed by atoms with Crippen LogP contribution in [0, 0.1) is 5.92 Å². The zero-order chi connectivity index (χ0) is 18.1. The summed E-state index contributed by atoms with van der Waals surface area (Å²) in [5.74, 6) is 2.14. The second-order valence-corrected chi connectivity index (χ2v) is 5.71. The summed E-state index contributed by atoms with van der Waals surface area (Å²) >= 11 is 0. The number of hydrogen-bond donors (Lipinski definition) is 2. The highest BCUT2D eigenvalue weighted by Gasteiger charge is 2.08. The number of nitrogens with zero attached hydrogens (tertiary/aromatic N) is 3. The number of anilines is 1. The topological polar surface area (TPSA) is 86.7 Å². The van der Waals surface area contributed by atoms with E-state index in [0.29, 0.717) is 37.4 Å². The van der Waals surface area contributed by atoms with Crippen LogP contribution < -0.4 is 20.5 Å². The number of aliphatic imine (C=N–C) groups is 1. The minimum atomic E-state index is 0.321. The number of rotatable bonds is 9. The summed E-state index contributed by atoms with van der Waals surface area (Å²) < 4.78 is 13.1. The number of guanidine groups is 1. The van der Waals surface area contributed by atoms with E-state index in [1.807, 2.05) is 49.0 Å². The molecule has 2 aromatic rings. The van der Waals surface area contributed by atoms with Crippen molar-refractivity contribution in [1.29, 1.82) is 0 Å². The monoisotopic (exact) mass is 345 g/mol. The van der Waals surface area contributed by atoms with Crippen LogP contribution in [0.4, 0.5) is 5.69 Å². The molecule has 7 nitrogen and oxygen atoms in total. The van der Waals surface area contributed by atoms with Gasteiger partial charge in [0.2, 0.25) is 0 Å². The molecular weight excluding hydrogens is 318 g/mol. The predicted octanol–water partition coefficient (Wildman–Crippen LogP) is 2.74. The largest absolute Gasteiger partial charge is 0.494 e. The van der Waals surface area contributed by atoms with Gasteiger partial charge in [0.15, 0.2) is 5.96 Å². The Morgan fingerprint density at radius 1 is 1.32 bits per heavy atom. The van der Waals surface area contributed by atoms with Crippen LogP contribution in [0.15, 0.2) is 41.7 Å². The molecule has 25 heavy (non-hydrogen) atoms. The van der Waals surface area contributed by atoms with E-state index in [4.69, 9.17) is 15.2 Å². The Hall–Kier alpha value is -2.70. The summed E-state index contributed by atoms with van der Waals surface area (Å²) in [4.78, 5) is 4.42. The van der Waals surface area contributed by atoms with E-state index in [9.17, 15) is 0 Å². The third kappa shape index (κ3) is 6.02. The van der Waals surface area contributed by atoms with Gasteiger partial charge in [-0.15, -0.1) is 0 Å². The fourth-order valence-electron chi connectivity index (χ4n) is 2.36. The summed E-state index contributed by atoms with van der Waals surface area (Å²) in [6.07, 6.45) is 3.71. The normalized spacial score (nSPS) is 12.7. The van der Waals surface area contributed by atoms with E-state index < -0.39 is 0 Å². The highest BCUT2D eigenvalue weighted by molar-refractivity contribution is 5.94. The molecule has 0 aliphatic rings. The number of benzene rings is 1. The van der Waals surface area contributed by atoms with Gasteiger partial charge in [0.1, 0.15) is 11.5 Å². The molecule has 0 saturated carbocycles. The maximum atomic E-state index is 6.04. The van der Waals surface area contributed by atoms with Crippen molar-refractivity contribution in [3.8, 4) is 11.5 Å². The Morgan fingerprint density at radius 3 is 2.80 bits per heavy atom. The highest BCUT2D eigenvalue weighted by atomic mass is 16.5. The smallest absolute Gasteiger partial charge is 0.193 e. The first-order valence-corrected chi connectivity index (χ1v) is 8.56. The van der Waals surface area contributed by atoms with E-state index in [1.165, 1.54) is 0 Å². The lowest BCUT2D eigenvalue weighted by Gasteiger charge is -2.14. The van der Waals surface area contributed by atoms with Crippen molar-refractivity contribution in [3.05, 3.63) is 36.7 Å².